The first-order chi connectivity index (χ1) is 12.9. The van der Waals surface area contributed by atoms with Gasteiger partial charge in [-0.2, -0.15) is 0 Å². The predicted molar refractivity (Wildman–Crippen MR) is 119 cm³/mol. The largest absolute Gasteiger partial charge is 0.493 e. The van der Waals surface area contributed by atoms with Crippen LogP contribution in [0.15, 0.2) is 51.8 Å². The number of thioether (sulfide) groups is 1. The zero-order chi connectivity index (χ0) is 19.6. The van der Waals surface area contributed by atoms with Crippen LogP contribution in [0.1, 0.15) is 19.4 Å². The molecule has 0 spiro atoms. The normalized spacial score (nSPS) is 15.7. The second-order valence-electron chi connectivity index (χ2n) is 6.04. The van der Waals surface area contributed by atoms with Gasteiger partial charge in [0.1, 0.15) is 0 Å². The Labute approximate surface area is 176 Å². The minimum absolute atomic E-state index is 0.0266. The monoisotopic (exact) mass is 463 g/mol. The van der Waals surface area contributed by atoms with Gasteiger partial charge in [0, 0.05) is 4.47 Å². The maximum Gasteiger partial charge on any atom is 0.270 e. The fraction of sp³-hybridized carbons (Fsp3) is 0.200. The number of hydrogen-bond donors (Lipinski definition) is 0. The lowest BCUT2D eigenvalue weighted by molar-refractivity contribution is -0.113. The van der Waals surface area contributed by atoms with E-state index in [1.165, 1.54) is 11.8 Å². The van der Waals surface area contributed by atoms with Crippen molar-refractivity contribution in [3.63, 3.8) is 0 Å². The highest BCUT2D eigenvalue weighted by molar-refractivity contribution is 9.10. The summed E-state index contributed by atoms with van der Waals surface area (Å²) in [5.74, 6) is 1.12. The summed E-state index contributed by atoms with van der Waals surface area (Å²) in [6.07, 6.45) is 1.84. The van der Waals surface area contributed by atoms with Crippen molar-refractivity contribution in [1.29, 1.82) is 0 Å². The van der Waals surface area contributed by atoms with Crippen molar-refractivity contribution in [3.8, 4) is 11.5 Å². The van der Waals surface area contributed by atoms with Gasteiger partial charge in [0.15, 0.2) is 15.8 Å². The Morgan fingerprint density at radius 3 is 2.52 bits per heavy atom. The van der Waals surface area contributed by atoms with Crippen LogP contribution in [-0.2, 0) is 4.79 Å². The maximum atomic E-state index is 12.9. The van der Waals surface area contributed by atoms with Crippen molar-refractivity contribution >= 4 is 61.9 Å². The van der Waals surface area contributed by atoms with E-state index in [0.717, 1.165) is 15.7 Å². The maximum absolute atomic E-state index is 12.9. The lowest BCUT2D eigenvalue weighted by Crippen LogP contribution is -2.27. The molecule has 0 saturated carbocycles. The molecule has 2 aromatic carbocycles. The SMILES string of the molecule is COc1cc(/C=C2/SC(=S)N(c3ccccc3)C2=O)c(Br)cc1OC(C)C. The van der Waals surface area contributed by atoms with E-state index >= 15 is 0 Å². The molecule has 1 heterocycles. The number of amides is 1. The Morgan fingerprint density at radius 2 is 1.89 bits per heavy atom. The number of carbonyl (C=O) groups excluding carboxylic acids is 1. The van der Waals surface area contributed by atoms with Gasteiger partial charge in [-0.1, -0.05) is 58.1 Å². The van der Waals surface area contributed by atoms with Crippen LogP contribution in [0.4, 0.5) is 5.69 Å². The number of nitrogens with zero attached hydrogens (tertiary/aromatic N) is 1. The van der Waals surface area contributed by atoms with Gasteiger partial charge in [0.05, 0.1) is 23.8 Å². The third-order valence-corrected chi connectivity index (χ3v) is 5.73. The average molecular weight is 464 g/mol. The number of anilines is 1. The molecule has 2 aromatic rings. The molecule has 1 aliphatic heterocycles. The van der Waals surface area contributed by atoms with Crippen molar-refractivity contribution in [2.24, 2.45) is 0 Å². The van der Waals surface area contributed by atoms with Crippen LogP contribution in [0.25, 0.3) is 6.08 Å². The standard InChI is InChI=1S/C20H18BrNO3S2/c1-12(2)25-17-11-15(21)13(9-16(17)24-3)10-18-19(23)22(20(26)27-18)14-7-5-4-6-8-14/h4-12H,1-3H3/b18-10+. The minimum atomic E-state index is -0.135. The van der Waals surface area contributed by atoms with Crippen LogP contribution in [0.2, 0.25) is 0 Å². The molecule has 7 heteroatoms. The molecular weight excluding hydrogens is 446 g/mol. The Kier molecular flexibility index (Phi) is 6.24. The number of methoxy groups -OCH3 is 1. The summed E-state index contributed by atoms with van der Waals surface area (Å²) in [4.78, 5) is 15.0. The van der Waals surface area contributed by atoms with Crippen LogP contribution in [-0.4, -0.2) is 23.4 Å². The second kappa shape index (κ2) is 8.46. The molecule has 27 heavy (non-hydrogen) atoms. The number of rotatable bonds is 5. The van der Waals surface area contributed by atoms with E-state index in [1.54, 1.807) is 12.0 Å². The van der Waals surface area contributed by atoms with E-state index in [9.17, 15) is 4.79 Å². The third-order valence-electron chi connectivity index (χ3n) is 3.74. The Morgan fingerprint density at radius 1 is 1.19 bits per heavy atom. The molecular formula is C20H18BrNO3S2. The smallest absolute Gasteiger partial charge is 0.270 e. The zero-order valence-electron chi connectivity index (χ0n) is 15.1. The zero-order valence-corrected chi connectivity index (χ0v) is 18.3. The van der Waals surface area contributed by atoms with Crippen molar-refractivity contribution in [3.05, 3.63) is 57.4 Å². The summed E-state index contributed by atoms with van der Waals surface area (Å²) >= 11 is 10.3. The molecule has 0 radical (unpaired) electrons. The van der Waals surface area contributed by atoms with Gasteiger partial charge in [0.2, 0.25) is 0 Å². The van der Waals surface area contributed by atoms with E-state index in [1.807, 2.05) is 62.4 Å². The predicted octanol–water partition coefficient (Wildman–Crippen LogP) is 5.65. The Hall–Kier alpha value is -1.83. The highest BCUT2D eigenvalue weighted by atomic mass is 79.9. The summed E-state index contributed by atoms with van der Waals surface area (Å²) in [7, 11) is 1.59. The van der Waals surface area contributed by atoms with Crippen LogP contribution in [0.5, 0.6) is 11.5 Å². The molecule has 3 rings (SSSR count). The first-order valence-corrected chi connectivity index (χ1v) is 10.3. The van der Waals surface area contributed by atoms with Crippen molar-refractivity contribution in [2.75, 3.05) is 12.0 Å². The molecule has 0 aliphatic carbocycles. The number of benzene rings is 2. The summed E-state index contributed by atoms with van der Waals surface area (Å²) in [5, 5.41) is 0. The fourth-order valence-corrected chi connectivity index (χ4v) is 4.30. The molecule has 0 bridgehead atoms. The molecule has 0 unspecified atom stereocenters. The molecule has 140 valence electrons. The molecule has 0 aromatic heterocycles. The molecule has 0 atom stereocenters. The summed E-state index contributed by atoms with van der Waals surface area (Å²) in [6, 6.07) is 13.1. The number of thiocarbonyl (C=S) groups is 1. The van der Waals surface area contributed by atoms with Gasteiger partial charge >= 0.3 is 0 Å². The van der Waals surface area contributed by atoms with E-state index in [2.05, 4.69) is 15.9 Å². The number of ether oxygens (including phenoxy) is 2. The molecule has 1 amide bonds. The Bertz CT molecular complexity index is 913. The molecule has 0 N–H and O–H groups in total. The lowest BCUT2D eigenvalue weighted by Gasteiger charge is -2.15. The lowest BCUT2D eigenvalue weighted by atomic mass is 10.1. The fourth-order valence-electron chi connectivity index (χ4n) is 2.58. The van der Waals surface area contributed by atoms with Crippen LogP contribution < -0.4 is 14.4 Å². The van der Waals surface area contributed by atoms with E-state index in [4.69, 9.17) is 21.7 Å². The second-order valence-corrected chi connectivity index (χ2v) is 8.57. The summed E-state index contributed by atoms with van der Waals surface area (Å²) in [5.41, 5.74) is 1.58. The van der Waals surface area contributed by atoms with E-state index in [-0.39, 0.29) is 12.0 Å². The van der Waals surface area contributed by atoms with Crippen LogP contribution >= 0.6 is 39.9 Å². The molecule has 1 aliphatic rings. The van der Waals surface area contributed by atoms with Crippen molar-refractivity contribution < 1.29 is 14.3 Å². The average Bonchev–Trinajstić information content (AvgIpc) is 2.91. The first kappa shape index (κ1) is 19.9. The molecule has 4 nitrogen and oxygen atoms in total. The van der Waals surface area contributed by atoms with Gasteiger partial charge in [-0.05, 0) is 49.8 Å². The number of hydrogen-bond acceptors (Lipinski definition) is 5. The van der Waals surface area contributed by atoms with Gasteiger partial charge in [-0.3, -0.25) is 9.69 Å². The van der Waals surface area contributed by atoms with Crippen LogP contribution in [0, 0.1) is 0 Å². The number of halogens is 1. The highest BCUT2D eigenvalue weighted by Gasteiger charge is 2.33. The van der Waals surface area contributed by atoms with Crippen LogP contribution in [0.3, 0.4) is 0 Å². The third kappa shape index (κ3) is 4.36. The van der Waals surface area contributed by atoms with Crippen molar-refractivity contribution in [2.45, 2.75) is 20.0 Å². The quantitative estimate of drug-likeness (QED) is 0.422. The van der Waals surface area contributed by atoms with Gasteiger partial charge < -0.3 is 9.47 Å². The highest BCUT2D eigenvalue weighted by Crippen LogP contribution is 2.39. The summed E-state index contributed by atoms with van der Waals surface area (Å²) in [6.45, 7) is 3.91. The topological polar surface area (TPSA) is 38.8 Å². The molecule has 1 fully saturated rings. The first-order valence-electron chi connectivity index (χ1n) is 8.28. The number of para-hydroxylation sites is 1. The summed E-state index contributed by atoms with van der Waals surface area (Å²) < 4.78 is 12.5. The van der Waals surface area contributed by atoms with E-state index in [0.29, 0.717) is 20.7 Å². The Balaban J connectivity index is 1.95. The molecule has 1 saturated heterocycles. The number of carbonyl (C=O) groups is 1. The van der Waals surface area contributed by atoms with Gasteiger partial charge in [-0.25, -0.2) is 0 Å². The minimum Gasteiger partial charge on any atom is -0.493 e. The van der Waals surface area contributed by atoms with E-state index < -0.39 is 0 Å². The van der Waals surface area contributed by atoms with Gasteiger partial charge in [-0.15, -0.1) is 0 Å². The van der Waals surface area contributed by atoms with Crippen molar-refractivity contribution in [1.82, 2.24) is 0 Å². The van der Waals surface area contributed by atoms with Gasteiger partial charge in [0.25, 0.3) is 5.91 Å².